The van der Waals surface area contributed by atoms with E-state index in [1.165, 1.54) is 12.1 Å². The highest BCUT2D eigenvalue weighted by Crippen LogP contribution is 2.36. The summed E-state index contributed by atoms with van der Waals surface area (Å²) < 4.78 is 43.1. The summed E-state index contributed by atoms with van der Waals surface area (Å²) in [5.74, 6) is -1.13. The molecule has 0 unspecified atom stereocenters. The molecule has 0 saturated carbocycles. The van der Waals surface area contributed by atoms with Gasteiger partial charge in [-0.3, -0.25) is 4.79 Å². The van der Waals surface area contributed by atoms with Crippen LogP contribution >= 0.6 is 0 Å². The van der Waals surface area contributed by atoms with Crippen LogP contribution < -0.4 is 10.1 Å². The largest absolute Gasteiger partial charge is 0.426 e. The molecule has 0 aromatic heterocycles. The van der Waals surface area contributed by atoms with Crippen molar-refractivity contribution in [2.75, 3.05) is 13.1 Å². The maximum atomic E-state index is 12.7. The van der Waals surface area contributed by atoms with Crippen LogP contribution in [0, 0.1) is 0 Å². The molecule has 0 amide bonds. The molecule has 1 aromatic rings. The number of carbonyl (C=O) groups excluding carboxylic acids is 1. The fourth-order valence-electron chi connectivity index (χ4n) is 1.97. The lowest BCUT2D eigenvalue weighted by atomic mass is 10.1. The van der Waals surface area contributed by atoms with Gasteiger partial charge in [-0.2, -0.15) is 13.2 Å². The zero-order valence-electron chi connectivity index (χ0n) is 10.7. The molecule has 3 nitrogen and oxygen atoms in total. The zero-order valence-corrected chi connectivity index (χ0v) is 10.7. The molecular weight excluding hydrogens is 271 g/mol. The summed E-state index contributed by atoms with van der Waals surface area (Å²) in [6, 6.07) is 4.70. The maximum Gasteiger partial charge on any atom is 0.419 e. The van der Waals surface area contributed by atoms with E-state index in [1.807, 2.05) is 6.08 Å². The molecule has 20 heavy (non-hydrogen) atoms. The lowest BCUT2D eigenvalue weighted by molar-refractivity contribution is -0.142. The highest BCUT2D eigenvalue weighted by Gasteiger charge is 2.34. The van der Waals surface area contributed by atoms with Crippen molar-refractivity contribution >= 4 is 5.97 Å². The smallest absolute Gasteiger partial charge is 0.419 e. The number of carbonyl (C=O) groups is 1. The normalized spacial score (nSPS) is 15.7. The minimum Gasteiger partial charge on any atom is -0.426 e. The van der Waals surface area contributed by atoms with Crippen molar-refractivity contribution in [2.45, 2.75) is 19.0 Å². The number of hydrogen-bond acceptors (Lipinski definition) is 3. The topological polar surface area (TPSA) is 38.3 Å². The van der Waals surface area contributed by atoms with Crippen molar-refractivity contribution in [2.24, 2.45) is 0 Å². The van der Waals surface area contributed by atoms with Gasteiger partial charge in [0.1, 0.15) is 5.75 Å². The average molecular weight is 285 g/mol. The number of hydrogen-bond donors (Lipinski definition) is 1. The minimum atomic E-state index is -4.54. The van der Waals surface area contributed by atoms with Crippen molar-refractivity contribution < 1.29 is 22.7 Å². The van der Waals surface area contributed by atoms with Gasteiger partial charge in [-0.15, -0.1) is 0 Å². The predicted molar refractivity (Wildman–Crippen MR) is 67.3 cm³/mol. The van der Waals surface area contributed by atoms with Crippen molar-refractivity contribution in [1.82, 2.24) is 5.32 Å². The summed E-state index contributed by atoms with van der Waals surface area (Å²) in [5, 5.41) is 3.08. The Morgan fingerprint density at radius 1 is 1.30 bits per heavy atom. The molecule has 1 aromatic carbocycles. The SMILES string of the molecule is O=C(CC1=CCCNC1)Oc1ccccc1C(F)(F)F. The van der Waals surface area contributed by atoms with Crippen molar-refractivity contribution in [3.05, 3.63) is 41.5 Å². The average Bonchev–Trinajstić information content (AvgIpc) is 2.39. The van der Waals surface area contributed by atoms with E-state index in [0.717, 1.165) is 30.7 Å². The Balaban J connectivity index is 2.06. The second-order valence-corrected chi connectivity index (χ2v) is 4.47. The van der Waals surface area contributed by atoms with Gasteiger partial charge < -0.3 is 10.1 Å². The van der Waals surface area contributed by atoms with E-state index in [0.29, 0.717) is 6.54 Å². The fraction of sp³-hybridized carbons (Fsp3) is 0.357. The number of para-hydroxylation sites is 1. The number of benzene rings is 1. The van der Waals surface area contributed by atoms with Gasteiger partial charge in [-0.05, 0) is 30.7 Å². The monoisotopic (exact) mass is 285 g/mol. The minimum absolute atomic E-state index is 0.000802. The molecule has 0 bridgehead atoms. The fourth-order valence-corrected chi connectivity index (χ4v) is 1.97. The summed E-state index contributed by atoms with van der Waals surface area (Å²) in [5.41, 5.74) is -0.102. The quantitative estimate of drug-likeness (QED) is 0.527. The van der Waals surface area contributed by atoms with E-state index in [9.17, 15) is 18.0 Å². The molecular formula is C14H14F3NO2. The van der Waals surface area contributed by atoms with Crippen LogP contribution in [0.3, 0.4) is 0 Å². The molecule has 0 radical (unpaired) electrons. The van der Waals surface area contributed by atoms with E-state index < -0.39 is 23.5 Å². The number of esters is 1. The first-order valence-electron chi connectivity index (χ1n) is 6.22. The molecule has 2 rings (SSSR count). The Bertz CT molecular complexity index is 523. The van der Waals surface area contributed by atoms with Gasteiger partial charge >= 0.3 is 12.1 Å². The lowest BCUT2D eigenvalue weighted by Gasteiger charge is -2.15. The Kier molecular flexibility index (Phi) is 4.44. The van der Waals surface area contributed by atoms with Crippen LogP contribution in [-0.4, -0.2) is 19.1 Å². The van der Waals surface area contributed by atoms with Crippen molar-refractivity contribution in [3.8, 4) is 5.75 Å². The second-order valence-electron chi connectivity index (χ2n) is 4.47. The van der Waals surface area contributed by atoms with E-state index in [-0.39, 0.29) is 6.42 Å². The molecule has 1 heterocycles. The van der Waals surface area contributed by atoms with Gasteiger partial charge in [-0.1, -0.05) is 18.2 Å². The maximum absolute atomic E-state index is 12.7. The molecule has 0 spiro atoms. The standard InChI is InChI=1S/C14H14F3NO2/c15-14(16,17)11-5-1-2-6-12(11)20-13(19)8-10-4-3-7-18-9-10/h1-2,4-6,18H,3,7-9H2. The zero-order chi connectivity index (χ0) is 14.6. The van der Waals surface area contributed by atoms with E-state index in [4.69, 9.17) is 4.74 Å². The van der Waals surface area contributed by atoms with E-state index in [2.05, 4.69) is 5.32 Å². The number of alkyl halides is 3. The summed E-state index contributed by atoms with van der Waals surface area (Å²) >= 11 is 0. The Morgan fingerprint density at radius 3 is 2.70 bits per heavy atom. The molecule has 0 aliphatic carbocycles. The van der Waals surface area contributed by atoms with Gasteiger partial charge in [0.2, 0.25) is 0 Å². The summed E-state index contributed by atoms with van der Waals surface area (Å²) in [7, 11) is 0. The van der Waals surface area contributed by atoms with Crippen molar-refractivity contribution in [1.29, 1.82) is 0 Å². The van der Waals surface area contributed by atoms with E-state index >= 15 is 0 Å². The second kappa shape index (κ2) is 6.09. The Hall–Kier alpha value is -1.82. The highest BCUT2D eigenvalue weighted by atomic mass is 19.4. The van der Waals surface area contributed by atoms with Crippen LogP contribution in [0.25, 0.3) is 0 Å². The lowest BCUT2D eigenvalue weighted by Crippen LogP contribution is -2.24. The number of halogens is 3. The third kappa shape index (κ3) is 3.84. The molecule has 0 saturated heterocycles. The van der Waals surface area contributed by atoms with Gasteiger partial charge in [0.15, 0.2) is 0 Å². The molecule has 0 fully saturated rings. The van der Waals surface area contributed by atoms with Gasteiger partial charge in [0, 0.05) is 6.54 Å². The first kappa shape index (κ1) is 14.6. The van der Waals surface area contributed by atoms with Crippen LogP contribution in [0.1, 0.15) is 18.4 Å². The van der Waals surface area contributed by atoms with Crippen molar-refractivity contribution in [3.63, 3.8) is 0 Å². The van der Waals surface area contributed by atoms with Gasteiger partial charge in [-0.25, -0.2) is 0 Å². The van der Waals surface area contributed by atoms with E-state index in [1.54, 1.807) is 0 Å². The number of ether oxygens (including phenoxy) is 1. The first-order valence-corrected chi connectivity index (χ1v) is 6.22. The molecule has 1 aliphatic rings. The Labute approximate surface area is 114 Å². The number of nitrogens with one attached hydrogen (secondary N) is 1. The third-order valence-electron chi connectivity index (χ3n) is 2.89. The summed E-state index contributed by atoms with van der Waals surface area (Å²) in [6.45, 7) is 1.41. The molecule has 0 atom stereocenters. The van der Waals surface area contributed by atoms with Crippen LogP contribution in [0.15, 0.2) is 35.9 Å². The van der Waals surface area contributed by atoms with Gasteiger partial charge in [0.25, 0.3) is 0 Å². The predicted octanol–water partition coefficient (Wildman–Crippen LogP) is 2.92. The molecule has 6 heteroatoms. The summed E-state index contributed by atoms with van der Waals surface area (Å²) in [4.78, 5) is 11.7. The van der Waals surface area contributed by atoms with Crippen LogP contribution in [0.4, 0.5) is 13.2 Å². The number of rotatable bonds is 3. The van der Waals surface area contributed by atoms with Crippen LogP contribution in [0.2, 0.25) is 0 Å². The summed E-state index contributed by atoms with van der Waals surface area (Å²) in [6.07, 6.45) is -1.82. The first-order chi connectivity index (χ1) is 9.47. The van der Waals surface area contributed by atoms with Gasteiger partial charge in [0.05, 0.1) is 12.0 Å². The molecule has 1 N–H and O–H groups in total. The van der Waals surface area contributed by atoms with Crippen LogP contribution in [-0.2, 0) is 11.0 Å². The molecule has 108 valence electrons. The Morgan fingerprint density at radius 2 is 2.05 bits per heavy atom. The van der Waals surface area contributed by atoms with Crippen LogP contribution in [0.5, 0.6) is 5.75 Å². The highest BCUT2D eigenvalue weighted by molar-refractivity contribution is 5.75. The molecule has 1 aliphatic heterocycles. The third-order valence-corrected chi connectivity index (χ3v) is 2.89.